The topological polar surface area (TPSA) is 102 Å². The first kappa shape index (κ1) is 23.8. The number of fused-ring (bicyclic) bond motifs is 2. The second-order valence-corrected chi connectivity index (χ2v) is 10.8. The lowest BCUT2D eigenvalue weighted by Crippen LogP contribution is -2.44. The summed E-state index contributed by atoms with van der Waals surface area (Å²) in [4.78, 5) is 22.5. The van der Waals surface area contributed by atoms with Crippen LogP contribution in [0.1, 0.15) is 25.7 Å². The van der Waals surface area contributed by atoms with Crippen LogP contribution in [0.2, 0.25) is 0 Å². The SMILES string of the molecule is C=C(Nc1cncc(-c2cc3c(-c4nc5c(N6CCN(C)CC6)cccc5[nH]4)n[nH]c3cn2)c1)C1CCCC1. The number of aromatic nitrogens is 6. The van der Waals surface area contributed by atoms with E-state index in [1.807, 2.05) is 18.6 Å². The molecular weight excluding hydrogens is 486 g/mol. The van der Waals surface area contributed by atoms with Crippen LogP contribution in [-0.2, 0) is 0 Å². The molecule has 5 aromatic rings. The van der Waals surface area contributed by atoms with Crippen molar-refractivity contribution >= 4 is 33.3 Å². The smallest absolute Gasteiger partial charge is 0.159 e. The number of pyridine rings is 2. The first-order valence-corrected chi connectivity index (χ1v) is 13.8. The highest BCUT2D eigenvalue weighted by Crippen LogP contribution is 2.34. The van der Waals surface area contributed by atoms with Crippen molar-refractivity contribution in [3.8, 4) is 22.8 Å². The zero-order valence-corrected chi connectivity index (χ0v) is 22.2. The monoisotopic (exact) mass is 519 g/mol. The Morgan fingerprint density at radius 2 is 1.87 bits per heavy atom. The fraction of sp³-hybridized carbons (Fsp3) is 0.333. The number of H-pyrrole nitrogens is 2. The number of anilines is 2. The van der Waals surface area contributed by atoms with E-state index in [0.717, 1.165) is 82.3 Å². The lowest BCUT2D eigenvalue weighted by atomic mass is 10.0. The lowest BCUT2D eigenvalue weighted by Gasteiger charge is -2.34. The molecule has 1 saturated carbocycles. The largest absolute Gasteiger partial charge is 0.367 e. The van der Waals surface area contributed by atoms with Gasteiger partial charge >= 0.3 is 0 Å². The fourth-order valence-electron chi connectivity index (χ4n) is 5.90. The Balaban J connectivity index is 1.21. The van der Waals surface area contributed by atoms with Crippen LogP contribution < -0.4 is 10.2 Å². The third-order valence-electron chi connectivity index (χ3n) is 8.19. The Kier molecular flexibility index (Phi) is 6.00. The van der Waals surface area contributed by atoms with E-state index in [-0.39, 0.29) is 0 Å². The molecule has 4 aromatic heterocycles. The van der Waals surface area contributed by atoms with Gasteiger partial charge in [-0.1, -0.05) is 25.5 Å². The molecule has 0 amide bonds. The lowest BCUT2D eigenvalue weighted by molar-refractivity contribution is 0.313. The Hall–Kier alpha value is -4.24. The van der Waals surface area contributed by atoms with E-state index in [4.69, 9.17) is 9.97 Å². The van der Waals surface area contributed by atoms with Gasteiger partial charge in [0.1, 0.15) is 11.2 Å². The Morgan fingerprint density at radius 3 is 2.72 bits per heavy atom. The summed E-state index contributed by atoms with van der Waals surface area (Å²) in [5, 5.41) is 12.2. The molecule has 198 valence electrons. The molecule has 1 saturated heterocycles. The molecule has 1 aliphatic heterocycles. The summed E-state index contributed by atoms with van der Waals surface area (Å²) in [6, 6.07) is 10.5. The second-order valence-electron chi connectivity index (χ2n) is 10.8. The summed E-state index contributed by atoms with van der Waals surface area (Å²) in [6.07, 6.45) is 10.5. The van der Waals surface area contributed by atoms with Crippen molar-refractivity contribution in [2.75, 3.05) is 43.4 Å². The third kappa shape index (κ3) is 4.52. The maximum absolute atomic E-state index is 5.04. The molecule has 9 heteroatoms. The van der Waals surface area contributed by atoms with Crippen molar-refractivity contribution in [3.05, 3.63) is 61.2 Å². The van der Waals surface area contributed by atoms with Crippen molar-refractivity contribution in [1.82, 2.24) is 35.0 Å². The average molecular weight is 520 g/mol. The van der Waals surface area contributed by atoms with Crippen molar-refractivity contribution in [1.29, 1.82) is 0 Å². The highest BCUT2D eigenvalue weighted by molar-refractivity contribution is 5.96. The number of likely N-dealkylation sites (N-methyl/N-ethyl adjacent to an activating group) is 1. The standard InChI is InChI=1S/C30H33N9/c1-19(20-6-3-4-7-20)33-22-14-21(16-31-17-22)25-15-23-26(18-32-25)36-37-28(23)30-34-24-8-5-9-27(29(24)35-30)39-12-10-38(2)11-13-39/h5,8-9,14-18,20,33H,1,3-4,6-7,10-13H2,2H3,(H,34,35)(H,36,37). The zero-order chi connectivity index (χ0) is 26.3. The van der Waals surface area contributed by atoms with Gasteiger partial charge in [0, 0.05) is 49.0 Å². The number of aromatic amines is 2. The van der Waals surface area contributed by atoms with Crippen molar-refractivity contribution in [2.45, 2.75) is 25.7 Å². The van der Waals surface area contributed by atoms with E-state index < -0.39 is 0 Å². The Bertz CT molecular complexity index is 1650. The molecule has 5 heterocycles. The van der Waals surface area contributed by atoms with Crippen molar-refractivity contribution in [2.24, 2.45) is 5.92 Å². The van der Waals surface area contributed by atoms with Crippen LogP contribution in [0.3, 0.4) is 0 Å². The van der Waals surface area contributed by atoms with Crippen LogP contribution in [0, 0.1) is 5.92 Å². The molecule has 1 aromatic carbocycles. The first-order valence-electron chi connectivity index (χ1n) is 13.8. The van der Waals surface area contributed by atoms with E-state index >= 15 is 0 Å². The number of nitrogens with zero attached hydrogens (tertiary/aromatic N) is 6. The van der Waals surface area contributed by atoms with Crippen LogP contribution in [-0.4, -0.2) is 68.3 Å². The summed E-state index contributed by atoms with van der Waals surface area (Å²) in [5.41, 5.74) is 8.60. The quantitative estimate of drug-likeness (QED) is 0.275. The summed E-state index contributed by atoms with van der Waals surface area (Å²) >= 11 is 0. The first-order chi connectivity index (χ1) is 19.1. The van der Waals surface area contributed by atoms with Crippen LogP contribution >= 0.6 is 0 Å². The third-order valence-corrected chi connectivity index (χ3v) is 8.19. The van der Waals surface area contributed by atoms with Gasteiger partial charge in [-0.15, -0.1) is 0 Å². The predicted molar refractivity (Wildman–Crippen MR) is 157 cm³/mol. The summed E-state index contributed by atoms with van der Waals surface area (Å²) in [7, 11) is 2.17. The number of hydrogen-bond acceptors (Lipinski definition) is 7. The number of allylic oxidation sites excluding steroid dienone is 1. The second kappa shape index (κ2) is 9.81. The minimum Gasteiger partial charge on any atom is -0.367 e. The maximum atomic E-state index is 5.04. The number of hydrogen-bond donors (Lipinski definition) is 3. The molecule has 0 unspecified atom stereocenters. The number of para-hydroxylation sites is 1. The molecule has 0 bridgehead atoms. The Labute approximate surface area is 227 Å². The zero-order valence-electron chi connectivity index (χ0n) is 22.2. The highest BCUT2D eigenvalue weighted by atomic mass is 15.3. The van der Waals surface area contributed by atoms with Gasteiger partial charge in [-0.3, -0.25) is 15.1 Å². The van der Waals surface area contributed by atoms with Gasteiger partial charge in [-0.05, 0) is 50.1 Å². The van der Waals surface area contributed by atoms with Crippen LogP contribution in [0.5, 0.6) is 0 Å². The number of piperazine rings is 1. The van der Waals surface area contributed by atoms with Crippen LogP contribution in [0.15, 0.2) is 61.2 Å². The van der Waals surface area contributed by atoms with E-state index in [1.165, 1.54) is 31.4 Å². The molecular formula is C30H33N9. The van der Waals surface area contributed by atoms with Gasteiger partial charge < -0.3 is 20.1 Å². The molecule has 9 nitrogen and oxygen atoms in total. The van der Waals surface area contributed by atoms with E-state index in [9.17, 15) is 0 Å². The summed E-state index contributed by atoms with van der Waals surface area (Å²) < 4.78 is 0. The molecule has 2 fully saturated rings. The van der Waals surface area contributed by atoms with Gasteiger partial charge in [0.2, 0.25) is 0 Å². The normalized spacial score (nSPS) is 16.9. The molecule has 3 N–H and O–H groups in total. The molecule has 7 rings (SSSR count). The molecule has 39 heavy (non-hydrogen) atoms. The van der Waals surface area contributed by atoms with Gasteiger partial charge in [0.25, 0.3) is 0 Å². The molecule has 0 atom stereocenters. The van der Waals surface area contributed by atoms with Crippen LogP contribution in [0.25, 0.3) is 44.7 Å². The molecule has 0 radical (unpaired) electrons. The van der Waals surface area contributed by atoms with Gasteiger partial charge in [-0.25, -0.2) is 4.98 Å². The fourth-order valence-corrected chi connectivity index (χ4v) is 5.90. The Morgan fingerprint density at radius 1 is 1.03 bits per heavy atom. The minimum atomic E-state index is 0.539. The summed E-state index contributed by atoms with van der Waals surface area (Å²) in [5.74, 6) is 1.29. The highest BCUT2D eigenvalue weighted by Gasteiger charge is 2.21. The number of rotatable bonds is 6. The van der Waals surface area contributed by atoms with E-state index in [2.05, 4.69) is 79.2 Å². The predicted octanol–water partition coefficient (Wildman–Crippen LogP) is 5.43. The number of nitrogens with one attached hydrogen (secondary N) is 3. The van der Waals surface area contributed by atoms with Crippen molar-refractivity contribution in [3.63, 3.8) is 0 Å². The van der Waals surface area contributed by atoms with Gasteiger partial charge in [0.15, 0.2) is 5.82 Å². The van der Waals surface area contributed by atoms with Gasteiger partial charge in [-0.2, -0.15) is 5.10 Å². The van der Waals surface area contributed by atoms with Crippen molar-refractivity contribution < 1.29 is 0 Å². The summed E-state index contributed by atoms with van der Waals surface area (Å²) in [6.45, 7) is 8.38. The van der Waals surface area contributed by atoms with Gasteiger partial charge in [0.05, 0.1) is 40.5 Å². The number of benzene rings is 1. The maximum Gasteiger partial charge on any atom is 0.159 e. The van der Waals surface area contributed by atoms with E-state index in [1.54, 1.807) is 0 Å². The van der Waals surface area contributed by atoms with Crippen LogP contribution in [0.4, 0.5) is 11.4 Å². The average Bonchev–Trinajstić information content (AvgIpc) is 3.73. The molecule has 1 aliphatic carbocycles. The number of imidazole rings is 1. The van der Waals surface area contributed by atoms with E-state index in [0.29, 0.717) is 5.92 Å². The minimum absolute atomic E-state index is 0.539. The molecule has 0 spiro atoms. The molecule has 2 aliphatic rings.